The van der Waals surface area contributed by atoms with Crippen molar-refractivity contribution < 1.29 is 13.9 Å². The number of carbonyl (C=O) groups is 1. The van der Waals surface area contributed by atoms with E-state index in [-0.39, 0.29) is 5.69 Å². The van der Waals surface area contributed by atoms with Gasteiger partial charge in [-0.25, -0.2) is 14.2 Å². The molecule has 0 aliphatic heterocycles. The highest BCUT2D eigenvalue weighted by atomic mass is 32.1. The Morgan fingerprint density at radius 2 is 2.58 bits per heavy atom. The van der Waals surface area contributed by atoms with E-state index >= 15 is 0 Å². The SMILES string of the molecule is CCOC(=O)c1csc(CF)n1. The minimum Gasteiger partial charge on any atom is -0.461 e. The predicted molar refractivity (Wildman–Crippen MR) is 42.9 cm³/mol. The lowest BCUT2D eigenvalue weighted by Gasteiger charge is -1.95. The van der Waals surface area contributed by atoms with Crippen molar-refractivity contribution in [2.75, 3.05) is 6.61 Å². The van der Waals surface area contributed by atoms with E-state index in [2.05, 4.69) is 9.72 Å². The lowest BCUT2D eigenvalue weighted by molar-refractivity contribution is 0.0520. The molecule has 0 aliphatic rings. The standard InChI is InChI=1S/C7H8FNO2S/c1-2-11-7(10)5-4-12-6(3-8)9-5/h4H,2-3H2,1H3. The van der Waals surface area contributed by atoms with Crippen LogP contribution in [0.4, 0.5) is 4.39 Å². The zero-order valence-electron chi connectivity index (χ0n) is 6.54. The van der Waals surface area contributed by atoms with Gasteiger partial charge in [-0.05, 0) is 6.92 Å². The number of rotatable bonds is 3. The zero-order valence-corrected chi connectivity index (χ0v) is 7.36. The number of ether oxygens (including phenoxy) is 1. The topological polar surface area (TPSA) is 39.2 Å². The molecule has 0 aromatic carbocycles. The van der Waals surface area contributed by atoms with Crippen molar-refractivity contribution in [2.45, 2.75) is 13.6 Å². The predicted octanol–water partition coefficient (Wildman–Crippen LogP) is 1.79. The Bertz CT molecular complexity index is 274. The van der Waals surface area contributed by atoms with Crippen molar-refractivity contribution in [3.63, 3.8) is 0 Å². The van der Waals surface area contributed by atoms with Crippen LogP contribution in [0.25, 0.3) is 0 Å². The van der Waals surface area contributed by atoms with Gasteiger partial charge in [0.2, 0.25) is 0 Å². The van der Waals surface area contributed by atoms with Gasteiger partial charge in [0.1, 0.15) is 11.7 Å². The van der Waals surface area contributed by atoms with E-state index in [4.69, 9.17) is 0 Å². The van der Waals surface area contributed by atoms with E-state index < -0.39 is 12.6 Å². The monoisotopic (exact) mass is 189 g/mol. The number of carbonyl (C=O) groups excluding carboxylic acids is 1. The molecule has 3 nitrogen and oxygen atoms in total. The molecule has 0 unspecified atom stereocenters. The molecule has 0 radical (unpaired) electrons. The highest BCUT2D eigenvalue weighted by Gasteiger charge is 2.10. The van der Waals surface area contributed by atoms with Crippen LogP contribution >= 0.6 is 11.3 Å². The molecule has 1 aromatic rings. The Morgan fingerprint density at radius 1 is 1.83 bits per heavy atom. The van der Waals surface area contributed by atoms with Crippen molar-refractivity contribution in [1.29, 1.82) is 0 Å². The maximum atomic E-state index is 12.0. The number of nitrogens with zero attached hydrogens (tertiary/aromatic N) is 1. The summed E-state index contributed by atoms with van der Waals surface area (Å²) >= 11 is 1.12. The fourth-order valence-corrected chi connectivity index (χ4v) is 1.28. The summed E-state index contributed by atoms with van der Waals surface area (Å²) in [5.74, 6) is -0.492. The third kappa shape index (κ3) is 2.01. The molecule has 0 atom stereocenters. The second-order valence-corrected chi connectivity index (χ2v) is 2.92. The molecule has 0 spiro atoms. The number of aromatic nitrogens is 1. The fourth-order valence-electron chi connectivity index (χ4n) is 0.671. The molecule has 0 N–H and O–H groups in total. The molecule has 1 heterocycles. The van der Waals surface area contributed by atoms with Crippen molar-refractivity contribution >= 4 is 17.3 Å². The minimum absolute atomic E-state index is 0.189. The van der Waals surface area contributed by atoms with Crippen LogP contribution < -0.4 is 0 Å². The van der Waals surface area contributed by atoms with Crippen LogP contribution in [0.5, 0.6) is 0 Å². The zero-order chi connectivity index (χ0) is 8.97. The molecule has 0 saturated carbocycles. The molecular formula is C7H8FNO2S. The summed E-state index contributed by atoms with van der Waals surface area (Å²) in [6, 6.07) is 0. The Hall–Kier alpha value is -0.970. The summed E-state index contributed by atoms with van der Waals surface area (Å²) in [6.07, 6.45) is 0. The van der Waals surface area contributed by atoms with Gasteiger partial charge in [0.25, 0.3) is 0 Å². The van der Waals surface area contributed by atoms with E-state index in [0.29, 0.717) is 11.6 Å². The third-order valence-electron chi connectivity index (χ3n) is 1.15. The first-order valence-electron chi connectivity index (χ1n) is 3.45. The number of alkyl halides is 1. The van der Waals surface area contributed by atoms with Gasteiger partial charge < -0.3 is 4.74 Å². The van der Waals surface area contributed by atoms with E-state index in [1.54, 1.807) is 6.92 Å². The number of hydrogen-bond acceptors (Lipinski definition) is 4. The number of thiazole rings is 1. The van der Waals surface area contributed by atoms with Gasteiger partial charge in [0.05, 0.1) is 6.61 Å². The maximum absolute atomic E-state index is 12.0. The Kier molecular flexibility index (Phi) is 3.16. The largest absolute Gasteiger partial charge is 0.461 e. The van der Waals surface area contributed by atoms with Crippen LogP contribution in [0.2, 0.25) is 0 Å². The lowest BCUT2D eigenvalue weighted by Crippen LogP contribution is -2.04. The first kappa shape index (κ1) is 9.12. The average molecular weight is 189 g/mol. The van der Waals surface area contributed by atoms with Gasteiger partial charge in [-0.15, -0.1) is 11.3 Å². The summed E-state index contributed by atoms with van der Waals surface area (Å²) in [5.41, 5.74) is 0.189. The molecule has 1 aromatic heterocycles. The second-order valence-electron chi connectivity index (χ2n) is 1.98. The van der Waals surface area contributed by atoms with Crippen LogP contribution in [0.3, 0.4) is 0 Å². The van der Waals surface area contributed by atoms with Crippen LogP contribution in [0.15, 0.2) is 5.38 Å². The van der Waals surface area contributed by atoms with Gasteiger partial charge in [-0.2, -0.15) is 0 Å². The van der Waals surface area contributed by atoms with Gasteiger partial charge in [-0.1, -0.05) is 0 Å². The summed E-state index contributed by atoms with van der Waals surface area (Å²) in [5, 5.41) is 1.80. The molecule has 5 heteroatoms. The number of esters is 1. The lowest BCUT2D eigenvalue weighted by atomic mass is 10.5. The smallest absolute Gasteiger partial charge is 0.357 e. The van der Waals surface area contributed by atoms with Crippen molar-refractivity contribution in [3.05, 3.63) is 16.1 Å². The Morgan fingerprint density at radius 3 is 3.08 bits per heavy atom. The van der Waals surface area contributed by atoms with Gasteiger partial charge in [0.15, 0.2) is 5.69 Å². The summed E-state index contributed by atoms with van der Waals surface area (Å²) in [6.45, 7) is 1.38. The van der Waals surface area contributed by atoms with E-state index in [1.807, 2.05) is 0 Å². The average Bonchev–Trinajstić information content (AvgIpc) is 2.52. The molecule has 0 saturated heterocycles. The fraction of sp³-hybridized carbons (Fsp3) is 0.429. The van der Waals surface area contributed by atoms with Crippen molar-refractivity contribution in [2.24, 2.45) is 0 Å². The second kappa shape index (κ2) is 4.15. The summed E-state index contributed by atoms with van der Waals surface area (Å²) in [4.78, 5) is 14.7. The van der Waals surface area contributed by atoms with E-state index in [9.17, 15) is 9.18 Å². The molecule has 1 rings (SSSR count). The van der Waals surface area contributed by atoms with Crippen molar-refractivity contribution in [3.8, 4) is 0 Å². The Balaban J connectivity index is 2.68. The quantitative estimate of drug-likeness (QED) is 0.680. The van der Waals surface area contributed by atoms with Crippen LogP contribution in [-0.2, 0) is 11.4 Å². The highest BCUT2D eigenvalue weighted by molar-refractivity contribution is 7.09. The summed E-state index contributed by atoms with van der Waals surface area (Å²) < 4.78 is 16.7. The minimum atomic E-state index is -0.635. The normalized spacial score (nSPS) is 9.83. The molecule has 0 fully saturated rings. The molecule has 0 amide bonds. The van der Waals surface area contributed by atoms with Crippen LogP contribution in [0, 0.1) is 0 Å². The van der Waals surface area contributed by atoms with Gasteiger partial charge in [0, 0.05) is 5.38 Å². The number of hydrogen-bond donors (Lipinski definition) is 0. The molecular weight excluding hydrogens is 181 g/mol. The van der Waals surface area contributed by atoms with E-state index in [0.717, 1.165) is 11.3 Å². The molecule has 66 valence electrons. The first-order chi connectivity index (χ1) is 5.77. The van der Waals surface area contributed by atoms with Gasteiger partial charge in [-0.3, -0.25) is 0 Å². The Labute approximate surface area is 73.2 Å². The molecule has 0 aliphatic carbocycles. The third-order valence-corrected chi connectivity index (χ3v) is 1.96. The van der Waals surface area contributed by atoms with Crippen LogP contribution in [-0.4, -0.2) is 17.6 Å². The first-order valence-corrected chi connectivity index (χ1v) is 4.33. The number of halogens is 1. The van der Waals surface area contributed by atoms with Gasteiger partial charge >= 0.3 is 5.97 Å². The van der Waals surface area contributed by atoms with Crippen LogP contribution in [0.1, 0.15) is 22.4 Å². The molecule has 12 heavy (non-hydrogen) atoms. The highest BCUT2D eigenvalue weighted by Crippen LogP contribution is 2.11. The van der Waals surface area contributed by atoms with E-state index in [1.165, 1.54) is 5.38 Å². The van der Waals surface area contributed by atoms with Crippen molar-refractivity contribution in [1.82, 2.24) is 4.98 Å². The molecule has 0 bridgehead atoms. The summed E-state index contributed by atoms with van der Waals surface area (Å²) in [7, 11) is 0. The maximum Gasteiger partial charge on any atom is 0.357 e.